The van der Waals surface area contributed by atoms with Crippen LogP contribution in [0.25, 0.3) is 0 Å². The molecule has 0 aliphatic heterocycles. The summed E-state index contributed by atoms with van der Waals surface area (Å²) in [5.41, 5.74) is 7.47. The van der Waals surface area contributed by atoms with Gasteiger partial charge in [0, 0.05) is 12.6 Å². The summed E-state index contributed by atoms with van der Waals surface area (Å²) in [7, 11) is 0.961. The standard InChI is InChI=1S/C16H29BN2O2/c1-19(13-10-15-7-3-2-4-8-15)14-11-16(18)9-5-6-12-17(20)21/h2-4,7-8,16,20-21H,5-6,9-14,18H2,1H3. The maximum atomic E-state index is 8.76. The van der Waals surface area contributed by atoms with Crippen LogP contribution in [0.5, 0.6) is 0 Å². The second-order valence-corrected chi connectivity index (χ2v) is 5.85. The van der Waals surface area contributed by atoms with Crippen molar-refractivity contribution in [3.63, 3.8) is 0 Å². The van der Waals surface area contributed by atoms with Gasteiger partial charge in [-0.05, 0) is 44.7 Å². The molecular weight excluding hydrogens is 263 g/mol. The molecule has 4 N–H and O–H groups in total. The van der Waals surface area contributed by atoms with Gasteiger partial charge in [-0.1, -0.05) is 43.2 Å². The van der Waals surface area contributed by atoms with Crippen LogP contribution in [0.2, 0.25) is 6.32 Å². The van der Waals surface area contributed by atoms with E-state index in [1.165, 1.54) is 5.56 Å². The lowest BCUT2D eigenvalue weighted by molar-refractivity contribution is 0.317. The molecule has 0 aliphatic rings. The zero-order valence-electron chi connectivity index (χ0n) is 13.1. The first-order valence-corrected chi connectivity index (χ1v) is 7.92. The second kappa shape index (κ2) is 10.8. The van der Waals surface area contributed by atoms with Gasteiger partial charge < -0.3 is 20.7 Å². The highest BCUT2D eigenvalue weighted by molar-refractivity contribution is 6.40. The van der Waals surface area contributed by atoms with Crippen LogP contribution >= 0.6 is 0 Å². The Morgan fingerprint density at radius 3 is 2.48 bits per heavy atom. The first-order valence-electron chi connectivity index (χ1n) is 7.92. The van der Waals surface area contributed by atoms with E-state index in [2.05, 4.69) is 36.2 Å². The molecule has 1 aromatic rings. The molecule has 0 aliphatic carbocycles. The number of unbranched alkanes of at least 4 members (excludes halogenated alkanes) is 1. The molecule has 0 bridgehead atoms. The van der Waals surface area contributed by atoms with Crippen molar-refractivity contribution in [2.75, 3.05) is 20.1 Å². The molecule has 0 fully saturated rings. The third kappa shape index (κ3) is 9.64. The fraction of sp³-hybridized carbons (Fsp3) is 0.625. The average molecular weight is 292 g/mol. The van der Waals surface area contributed by atoms with E-state index < -0.39 is 7.12 Å². The van der Waals surface area contributed by atoms with Gasteiger partial charge >= 0.3 is 7.12 Å². The van der Waals surface area contributed by atoms with Crippen LogP contribution in [0.3, 0.4) is 0 Å². The van der Waals surface area contributed by atoms with Crippen molar-refractivity contribution in [1.82, 2.24) is 4.90 Å². The Morgan fingerprint density at radius 2 is 1.81 bits per heavy atom. The number of benzene rings is 1. The van der Waals surface area contributed by atoms with Gasteiger partial charge in [0.15, 0.2) is 0 Å². The summed E-state index contributed by atoms with van der Waals surface area (Å²) in [6.45, 7) is 2.06. The zero-order valence-corrected chi connectivity index (χ0v) is 13.1. The first-order chi connectivity index (χ1) is 10.1. The molecule has 0 spiro atoms. The van der Waals surface area contributed by atoms with Gasteiger partial charge in [0.2, 0.25) is 0 Å². The van der Waals surface area contributed by atoms with Crippen molar-refractivity contribution in [3.8, 4) is 0 Å². The highest BCUT2D eigenvalue weighted by Gasteiger charge is 2.08. The summed E-state index contributed by atoms with van der Waals surface area (Å²) in [4.78, 5) is 2.32. The lowest BCUT2D eigenvalue weighted by Crippen LogP contribution is -2.29. The maximum Gasteiger partial charge on any atom is 0.451 e. The minimum absolute atomic E-state index is 0.208. The summed E-state index contributed by atoms with van der Waals surface area (Å²) < 4.78 is 0. The Balaban J connectivity index is 2.05. The molecular formula is C16H29BN2O2. The summed E-state index contributed by atoms with van der Waals surface area (Å²) in [5.74, 6) is 0. The second-order valence-electron chi connectivity index (χ2n) is 5.85. The highest BCUT2D eigenvalue weighted by atomic mass is 16.4. The van der Waals surface area contributed by atoms with Gasteiger partial charge in [-0.2, -0.15) is 0 Å². The van der Waals surface area contributed by atoms with Gasteiger partial charge in [0.25, 0.3) is 0 Å². The van der Waals surface area contributed by atoms with E-state index in [1.807, 2.05) is 6.07 Å². The minimum atomic E-state index is -1.18. The van der Waals surface area contributed by atoms with Crippen molar-refractivity contribution < 1.29 is 10.0 Å². The average Bonchev–Trinajstić information content (AvgIpc) is 2.48. The predicted octanol–water partition coefficient (Wildman–Crippen LogP) is 1.52. The fourth-order valence-electron chi connectivity index (χ4n) is 2.34. The minimum Gasteiger partial charge on any atom is -0.427 e. The summed E-state index contributed by atoms with van der Waals surface area (Å²) in [5, 5.41) is 17.5. The van der Waals surface area contributed by atoms with Crippen molar-refractivity contribution in [3.05, 3.63) is 35.9 Å². The van der Waals surface area contributed by atoms with E-state index in [0.29, 0.717) is 6.32 Å². The fourth-order valence-corrected chi connectivity index (χ4v) is 2.34. The Morgan fingerprint density at radius 1 is 1.10 bits per heavy atom. The SMILES string of the molecule is CN(CCc1ccccc1)CCC(N)CCCCB(O)O. The number of rotatable bonds is 11. The van der Waals surface area contributed by atoms with Crippen LogP contribution in [0.15, 0.2) is 30.3 Å². The molecule has 0 amide bonds. The number of hydrogen-bond donors (Lipinski definition) is 3. The lowest BCUT2D eigenvalue weighted by atomic mass is 9.83. The maximum absolute atomic E-state index is 8.76. The van der Waals surface area contributed by atoms with E-state index in [0.717, 1.165) is 45.2 Å². The molecule has 0 saturated carbocycles. The van der Waals surface area contributed by atoms with E-state index in [-0.39, 0.29) is 6.04 Å². The quantitative estimate of drug-likeness (QED) is 0.427. The van der Waals surface area contributed by atoms with Crippen molar-refractivity contribution in [2.24, 2.45) is 5.73 Å². The molecule has 0 aromatic heterocycles. The van der Waals surface area contributed by atoms with Crippen LogP contribution in [0.4, 0.5) is 0 Å². The number of likely N-dealkylation sites (N-methyl/N-ethyl adjacent to an activating group) is 1. The highest BCUT2D eigenvalue weighted by Crippen LogP contribution is 2.07. The van der Waals surface area contributed by atoms with E-state index in [4.69, 9.17) is 15.8 Å². The normalized spacial score (nSPS) is 12.6. The molecule has 1 aromatic carbocycles. The molecule has 1 atom stereocenters. The summed E-state index contributed by atoms with van der Waals surface area (Å²) in [6.07, 6.45) is 5.26. The molecule has 4 nitrogen and oxygen atoms in total. The zero-order chi connectivity index (χ0) is 15.5. The van der Waals surface area contributed by atoms with Crippen molar-refractivity contribution >= 4 is 7.12 Å². The lowest BCUT2D eigenvalue weighted by Gasteiger charge is -2.19. The summed E-state index contributed by atoms with van der Waals surface area (Å²) in [6, 6.07) is 10.7. The Bertz CT molecular complexity index is 363. The smallest absolute Gasteiger partial charge is 0.427 e. The topological polar surface area (TPSA) is 69.7 Å². The molecule has 0 heterocycles. The van der Waals surface area contributed by atoms with Gasteiger partial charge in [-0.25, -0.2) is 0 Å². The Labute approximate surface area is 129 Å². The molecule has 1 rings (SSSR count). The van der Waals surface area contributed by atoms with Crippen LogP contribution in [-0.2, 0) is 6.42 Å². The van der Waals surface area contributed by atoms with Gasteiger partial charge in [-0.15, -0.1) is 0 Å². The first kappa shape index (κ1) is 18.2. The van der Waals surface area contributed by atoms with Crippen LogP contribution in [-0.4, -0.2) is 48.2 Å². The van der Waals surface area contributed by atoms with E-state index in [1.54, 1.807) is 0 Å². The number of hydrogen-bond acceptors (Lipinski definition) is 4. The van der Waals surface area contributed by atoms with Gasteiger partial charge in [-0.3, -0.25) is 0 Å². The van der Waals surface area contributed by atoms with Crippen LogP contribution in [0.1, 0.15) is 31.2 Å². The van der Waals surface area contributed by atoms with Crippen molar-refractivity contribution in [2.45, 2.75) is 44.5 Å². The molecule has 5 heteroatoms. The van der Waals surface area contributed by atoms with Gasteiger partial charge in [0.05, 0.1) is 0 Å². The predicted molar refractivity (Wildman–Crippen MR) is 89.1 cm³/mol. The van der Waals surface area contributed by atoms with Crippen molar-refractivity contribution in [1.29, 1.82) is 0 Å². The third-order valence-corrected chi connectivity index (χ3v) is 3.79. The van der Waals surface area contributed by atoms with Gasteiger partial charge in [0.1, 0.15) is 0 Å². The monoisotopic (exact) mass is 292 g/mol. The number of nitrogens with zero attached hydrogens (tertiary/aromatic N) is 1. The molecule has 0 radical (unpaired) electrons. The largest absolute Gasteiger partial charge is 0.451 e. The van der Waals surface area contributed by atoms with E-state index in [9.17, 15) is 0 Å². The Kier molecular flexibility index (Phi) is 9.34. The van der Waals surface area contributed by atoms with E-state index >= 15 is 0 Å². The third-order valence-electron chi connectivity index (χ3n) is 3.79. The Hall–Kier alpha value is -0.875. The summed E-state index contributed by atoms with van der Waals surface area (Å²) >= 11 is 0. The molecule has 1 unspecified atom stereocenters. The van der Waals surface area contributed by atoms with Crippen LogP contribution < -0.4 is 5.73 Å². The van der Waals surface area contributed by atoms with Crippen LogP contribution in [0, 0.1) is 0 Å². The molecule has 0 saturated heterocycles. The molecule has 21 heavy (non-hydrogen) atoms. The molecule has 118 valence electrons. The number of nitrogens with two attached hydrogens (primary N) is 1.